The number of methoxy groups -OCH3 is 1. The van der Waals surface area contributed by atoms with E-state index >= 15 is 0 Å². The molecule has 11 heteroatoms. The van der Waals surface area contributed by atoms with Gasteiger partial charge in [0, 0.05) is 59.2 Å². The van der Waals surface area contributed by atoms with Crippen molar-refractivity contribution in [2.24, 2.45) is 5.92 Å². The van der Waals surface area contributed by atoms with Gasteiger partial charge >= 0.3 is 5.97 Å². The molecule has 1 spiro atoms. The van der Waals surface area contributed by atoms with Gasteiger partial charge in [-0.1, -0.05) is 36.3 Å². The summed E-state index contributed by atoms with van der Waals surface area (Å²) >= 11 is 0. The molecule has 5 aliphatic rings. The Labute approximate surface area is 332 Å². The van der Waals surface area contributed by atoms with E-state index < -0.39 is 12.0 Å². The number of rotatable bonds is 6. The van der Waals surface area contributed by atoms with E-state index in [1.165, 1.54) is 6.92 Å². The standard InChI is InChI=1S/C46H48N4O7/c1-24(51)55-23-33-30-9-10-31-40-28(17-29(52)19-37(40)54-4)21-46-15-14-25(20-46)16-26-8-13-39(47)50-34(26)7-5-6-27-18-36(53)43-32(41(27)44(33)57-45(30)42(31)46)11-12-35(49-3)38(56-43)22-48-2/h8-13,17-19,25,33,35,38,44,48-49,52-53H,6,14-16,20-23H2,1-4H3,(H2,47,50). The first-order valence-corrected chi connectivity index (χ1v) is 19.8. The Kier molecular flexibility index (Phi) is 9.29. The minimum Gasteiger partial charge on any atom is -0.508 e. The SMILES string of the molecule is CNCC1Oc2c(O)cc3c(c2C=CC1NC)C1Oc2c(ccc4c2C2(CCC(Cc5ccc(N)nc5C#CC3)C2)Cc2cc(O)cc(OC)c2-4)C1COC(C)=O. The number of aromatic hydroxyl groups is 2. The average molecular weight is 769 g/mol. The van der Waals surface area contributed by atoms with Crippen LogP contribution in [0.3, 0.4) is 0 Å². The molecular weight excluding hydrogens is 721 g/mol. The number of ether oxygens (including phenoxy) is 4. The number of carbonyl (C=O) groups is 1. The molecule has 6 atom stereocenters. The van der Waals surface area contributed by atoms with E-state index in [0.29, 0.717) is 47.5 Å². The molecule has 6 N–H and O–H groups in total. The molecule has 4 aromatic rings. The van der Waals surface area contributed by atoms with E-state index in [1.54, 1.807) is 19.2 Å². The largest absolute Gasteiger partial charge is 0.508 e. The average Bonchev–Trinajstić information content (AvgIpc) is 3.69. The molecule has 4 heterocycles. The Morgan fingerprint density at radius 3 is 2.74 bits per heavy atom. The van der Waals surface area contributed by atoms with Crippen LogP contribution in [-0.4, -0.2) is 67.7 Å². The van der Waals surface area contributed by atoms with Crippen molar-refractivity contribution in [2.75, 3.05) is 40.1 Å². The van der Waals surface area contributed by atoms with Gasteiger partial charge in [0.2, 0.25) is 0 Å². The summed E-state index contributed by atoms with van der Waals surface area (Å²) < 4.78 is 25.9. The minimum absolute atomic E-state index is 0.00128. The van der Waals surface area contributed by atoms with E-state index in [-0.39, 0.29) is 48.1 Å². The van der Waals surface area contributed by atoms with Crippen molar-refractivity contribution in [3.05, 3.63) is 93.2 Å². The number of hydrogen-bond acceptors (Lipinski definition) is 11. The van der Waals surface area contributed by atoms with Crippen molar-refractivity contribution >= 4 is 17.9 Å². The second kappa shape index (κ2) is 14.4. The van der Waals surface area contributed by atoms with Gasteiger partial charge < -0.3 is 45.5 Å². The van der Waals surface area contributed by atoms with Crippen LogP contribution in [0, 0.1) is 17.8 Å². The maximum absolute atomic E-state index is 12.5. The van der Waals surface area contributed by atoms with Gasteiger partial charge in [-0.2, -0.15) is 0 Å². The number of carbonyl (C=O) groups excluding carboxylic acids is 1. The predicted molar refractivity (Wildman–Crippen MR) is 217 cm³/mol. The van der Waals surface area contributed by atoms with Gasteiger partial charge in [-0.05, 0) is 98.5 Å². The lowest BCUT2D eigenvalue weighted by Gasteiger charge is -2.39. The number of nitrogens with one attached hydrogen (secondary N) is 2. The van der Waals surface area contributed by atoms with Crippen molar-refractivity contribution in [2.45, 2.75) is 75.0 Å². The zero-order chi connectivity index (χ0) is 39.6. The van der Waals surface area contributed by atoms with Gasteiger partial charge in [0.05, 0.1) is 19.1 Å². The Morgan fingerprint density at radius 1 is 1.09 bits per heavy atom. The van der Waals surface area contributed by atoms with Crippen LogP contribution in [0.4, 0.5) is 5.82 Å². The Hall–Kier alpha value is -5.70. The first-order valence-electron chi connectivity index (χ1n) is 19.8. The monoisotopic (exact) mass is 768 g/mol. The second-order valence-corrected chi connectivity index (χ2v) is 16.1. The van der Waals surface area contributed by atoms with Crippen LogP contribution in [0.5, 0.6) is 28.7 Å². The highest BCUT2D eigenvalue weighted by atomic mass is 16.5. The van der Waals surface area contributed by atoms with Crippen molar-refractivity contribution in [1.29, 1.82) is 0 Å². The fourth-order valence-electron chi connectivity index (χ4n) is 10.3. The zero-order valence-corrected chi connectivity index (χ0v) is 32.7. The summed E-state index contributed by atoms with van der Waals surface area (Å²) in [5.74, 6) is 8.61. The van der Waals surface area contributed by atoms with Crippen molar-refractivity contribution < 1.29 is 34.0 Å². The van der Waals surface area contributed by atoms with Crippen LogP contribution in [0.25, 0.3) is 17.2 Å². The number of nitrogens with zero attached hydrogens (tertiary/aromatic N) is 1. The van der Waals surface area contributed by atoms with Crippen LogP contribution in [-0.2, 0) is 34.2 Å². The molecule has 3 aromatic carbocycles. The summed E-state index contributed by atoms with van der Waals surface area (Å²) in [5, 5.41) is 29.2. The van der Waals surface area contributed by atoms with Gasteiger partial charge in [-0.25, -0.2) is 4.98 Å². The zero-order valence-electron chi connectivity index (χ0n) is 32.7. The summed E-state index contributed by atoms with van der Waals surface area (Å²) in [6, 6.07) is 13.3. The molecule has 294 valence electrons. The summed E-state index contributed by atoms with van der Waals surface area (Å²) in [5.41, 5.74) is 15.0. The molecule has 57 heavy (non-hydrogen) atoms. The lowest BCUT2D eigenvalue weighted by Crippen LogP contribution is -2.44. The quantitative estimate of drug-likeness (QED) is 0.118. The summed E-state index contributed by atoms with van der Waals surface area (Å²) in [6.07, 6.45) is 7.61. The third kappa shape index (κ3) is 6.22. The molecule has 1 aromatic heterocycles. The third-order valence-electron chi connectivity index (χ3n) is 12.7. The Balaban J connectivity index is 1.33. The fraction of sp³-hybridized carbons (Fsp3) is 0.391. The molecule has 0 amide bonds. The van der Waals surface area contributed by atoms with Crippen molar-refractivity contribution in [3.8, 4) is 51.7 Å². The van der Waals surface area contributed by atoms with E-state index in [4.69, 9.17) is 29.7 Å². The molecule has 6 unspecified atom stereocenters. The number of hydrogen-bond donors (Lipinski definition) is 5. The highest BCUT2D eigenvalue weighted by molar-refractivity contribution is 5.84. The number of likely N-dealkylation sites (N-methyl/N-ethyl adjacent to an activating group) is 2. The van der Waals surface area contributed by atoms with Crippen LogP contribution in [0.2, 0.25) is 0 Å². The molecule has 3 aliphatic heterocycles. The number of fused-ring (bicyclic) bond motifs is 9. The number of pyridine rings is 1. The van der Waals surface area contributed by atoms with Crippen LogP contribution < -0.4 is 30.6 Å². The number of benzene rings is 3. The van der Waals surface area contributed by atoms with Gasteiger partial charge in [0.15, 0.2) is 11.5 Å². The third-order valence-corrected chi connectivity index (χ3v) is 12.7. The predicted octanol–water partition coefficient (Wildman–Crippen LogP) is 5.86. The molecule has 0 radical (unpaired) electrons. The summed E-state index contributed by atoms with van der Waals surface area (Å²) in [7, 11) is 5.39. The molecule has 2 aliphatic carbocycles. The van der Waals surface area contributed by atoms with Gasteiger partial charge in [0.1, 0.15) is 47.6 Å². The second-order valence-electron chi connectivity index (χ2n) is 16.1. The van der Waals surface area contributed by atoms with Crippen LogP contribution in [0.1, 0.15) is 82.8 Å². The number of nitrogen functional groups attached to an aromatic ring is 1. The highest BCUT2D eigenvalue weighted by Crippen LogP contribution is 2.63. The number of phenolic OH excluding ortho intramolecular Hbond substituents is 2. The van der Waals surface area contributed by atoms with Gasteiger partial charge in [0.25, 0.3) is 0 Å². The van der Waals surface area contributed by atoms with Crippen molar-refractivity contribution in [3.63, 3.8) is 0 Å². The summed E-state index contributed by atoms with van der Waals surface area (Å²) in [4.78, 5) is 17.2. The van der Waals surface area contributed by atoms with Gasteiger partial charge in [-0.3, -0.25) is 4.79 Å². The van der Waals surface area contributed by atoms with E-state index in [9.17, 15) is 15.0 Å². The summed E-state index contributed by atoms with van der Waals surface area (Å²) in [6.45, 7) is 2.04. The number of phenols is 2. The van der Waals surface area contributed by atoms with Crippen LogP contribution in [0.15, 0.2) is 48.5 Å². The lowest BCUT2D eigenvalue weighted by molar-refractivity contribution is -0.141. The lowest BCUT2D eigenvalue weighted by atomic mass is 9.65. The van der Waals surface area contributed by atoms with E-state index in [2.05, 4.69) is 46.7 Å². The first kappa shape index (κ1) is 36.9. The van der Waals surface area contributed by atoms with Crippen LogP contribution >= 0.6 is 0 Å². The molecular formula is C46H48N4O7. The maximum Gasteiger partial charge on any atom is 0.302 e. The number of aromatic nitrogens is 1. The number of nitrogens with two attached hydrogens (primary N) is 1. The van der Waals surface area contributed by atoms with Gasteiger partial charge in [-0.15, -0.1) is 0 Å². The van der Waals surface area contributed by atoms with E-state index in [1.807, 2.05) is 32.3 Å². The highest BCUT2D eigenvalue weighted by Gasteiger charge is 2.51. The molecule has 1 fully saturated rings. The number of anilines is 1. The smallest absolute Gasteiger partial charge is 0.302 e. The van der Waals surface area contributed by atoms with Crippen molar-refractivity contribution in [1.82, 2.24) is 15.6 Å². The molecule has 11 nitrogen and oxygen atoms in total. The fourth-order valence-corrected chi connectivity index (χ4v) is 10.3. The minimum atomic E-state index is -0.636. The topological polar surface area (TPSA) is 157 Å². The maximum atomic E-state index is 12.5. The Bertz CT molecular complexity index is 2400. The Morgan fingerprint density at radius 2 is 1.95 bits per heavy atom. The molecule has 4 bridgehead atoms. The molecule has 1 saturated carbocycles. The number of esters is 1. The molecule has 0 saturated heterocycles. The normalized spacial score (nSPS) is 24.7. The first-order chi connectivity index (χ1) is 27.6. The van der Waals surface area contributed by atoms with E-state index in [0.717, 1.165) is 75.9 Å². The molecule has 9 rings (SSSR count).